The Bertz CT molecular complexity index is 1450. The topological polar surface area (TPSA) is 58.6 Å². The van der Waals surface area contributed by atoms with Crippen LogP contribution in [0, 0.1) is 12.7 Å². The van der Waals surface area contributed by atoms with Gasteiger partial charge in [0.15, 0.2) is 0 Å². The first-order chi connectivity index (χ1) is 17.0. The van der Waals surface area contributed by atoms with Crippen molar-refractivity contribution in [2.75, 3.05) is 23.9 Å². The van der Waals surface area contributed by atoms with Gasteiger partial charge in [0.05, 0.1) is 18.4 Å². The van der Waals surface area contributed by atoms with E-state index in [4.69, 9.17) is 4.74 Å². The van der Waals surface area contributed by atoms with Gasteiger partial charge < -0.3 is 15.0 Å². The first kappa shape index (κ1) is 22.8. The van der Waals surface area contributed by atoms with Crippen molar-refractivity contribution in [2.24, 2.45) is 0 Å². The predicted molar refractivity (Wildman–Crippen MR) is 137 cm³/mol. The summed E-state index contributed by atoms with van der Waals surface area (Å²) in [6.45, 7) is 2.10. The van der Waals surface area contributed by atoms with Crippen LogP contribution in [-0.4, -0.2) is 25.5 Å². The number of anilines is 2. The van der Waals surface area contributed by atoms with Gasteiger partial charge in [-0.15, -0.1) is 11.3 Å². The lowest BCUT2D eigenvalue weighted by molar-refractivity contribution is 0.0983. The summed E-state index contributed by atoms with van der Waals surface area (Å²) >= 11 is 1.68. The van der Waals surface area contributed by atoms with Crippen LogP contribution in [0.1, 0.15) is 31.8 Å². The summed E-state index contributed by atoms with van der Waals surface area (Å²) in [7, 11) is 1.49. The Morgan fingerprint density at radius 2 is 1.86 bits per heavy atom. The third kappa shape index (κ3) is 4.19. The van der Waals surface area contributed by atoms with Crippen molar-refractivity contribution < 1.29 is 18.7 Å². The highest BCUT2D eigenvalue weighted by molar-refractivity contribution is 7.13. The van der Waals surface area contributed by atoms with Crippen LogP contribution in [0.3, 0.4) is 0 Å². The van der Waals surface area contributed by atoms with E-state index in [9.17, 15) is 14.0 Å². The highest BCUT2D eigenvalue weighted by Crippen LogP contribution is 2.40. The molecule has 0 radical (unpaired) electrons. The molecule has 176 valence electrons. The van der Waals surface area contributed by atoms with Crippen LogP contribution in [0.4, 0.5) is 15.8 Å². The van der Waals surface area contributed by atoms with Crippen LogP contribution in [0.2, 0.25) is 0 Å². The number of hydrogen-bond donors (Lipinski definition) is 1. The Kier molecular flexibility index (Phi) is 6.09. The van der Waals surface area contributed by atoms with Gasteiger partial charge in [0.2, 0.25) is 0 Å². The minimum atomic E-state index is -0.441. The number of rotatable bonds is 4. The molecule has 7 heteroatoms. The van der Waals surface area contributed by atoms with Crippen LogP contribution in [0.25, 0.3) is 10.4 Å². The summed E-state index contributed by atoms with van der Waals surface area (Å²) < 4.78 is 19.4. The fraction of sp³-hybridized carbons (Fsp3) is 0.143. The molecular formula is C28H23FN2O3S. The monoisotopic (exact) mass is 486 g/mol. The maximum Gasteiger partial charge on any atom is 0.262 e. The van der Waals surface area contributed by atoms with E-state index in [0.717, 1.165) is 17.7 Å². The number of carbonyl (C=O) groups is 2. The first-order valence-corrected chi connectivity index (χ1v) is 12.1. The lowest BCUT2D eigenvalue weighted by atomic mass is 10.1. The van der Waals surface area contributed by atoms with Gasteiger partial charge in [-0.3, -0.25) is 9.59 Å². The molecule has 0 saturated heterocycles. The molecule has 1 aliphatic heterocycles. The molecule has 1 aliphatic rings. The number of nitrogens with one attached hydrogen (secondary N) is 1. The zero-order valence-corrected chi connectivity index (χ0v) is 20.1. The number of halogens is 1. The van der Waals surface area contributed by atoms with Crippen molar-refractivity contribution in [3.63, 3.8) is 0 Å². The van der Waals surface area contributed by atoms with Gasteiger partial charge in [0, 0.05) is 34.3 Å². The molecule has 0 atom stereocenters. The Labute approximate surface area is 206 Å². The maximum absolute atomic E-state index is 13.9. The Morgan fingerprint density at radius 3 is 2.69 bits per heavy atom. The van der Waals surface area contributed by atoms with Crippen LogP contribution in [-0.2, 0) is 6.42 Å². The van der Waals surface area contributed by atoms with E-state index in [1.807, 2.05) is 24.3 Å². The quantitative estimate of drug-likeness (QED) is 0.367. The molecule has 0 spiro atoms. The number of hydrogen-bond acceptors (Lipinski definition) is 4. The fourth-order valence-corrected chi connectivity index (χ4v) is 5.37. The molecule has 0 aliphatic carbocycles. The highest BCUT2D eigenvalue weighted by Gasteiger charge is 2.27. The van der Waals surface area contributed by atoms with Crippen molar-refractivity contribution in [1.29, 1.82) is 0 Å². The third-order valence-corrected chi connectivity index (χ3v) is 7.23. The second-order valence-corrected chi connectivity index (χ2v) is 9.20. The summed E-state index contributed by atoms with van der Waals surface area (Å²) in [6, 6.07) is 19.3. The summed E-state index contributed by atoms with van der Waals surface area (Å²) in [6.07, 6.45) is 0.753. The Balaban J connectivity index is 1.45. The lowest BCUT2D eigenvalue weighted by Gasteiger charge is -2.24. The van der Waals surface area contributed by atoms with Crippen molar-refractivity contribution in [3.8, 4) is 16.2 Å². The average molecular weight is 487 g/mol. The molecule has 1 aromatic heterocycles. The van der Waals surface area contributed by atoms with E-state index < -0.39 is 11.7 Å². The van der Waals surface area contributed by atoms with Crippen LogP contribution < -0.4 is 15.0 Å². The van der Waals surface area contributed by atoms with Crippen molar-refractivity contribution in [2.45, 2.75) is 13.3 Å². The Morgan fingerprint density at radius 1 is 1.03 bits per heavy atom. The number of ether oxygens (including phenoxy) is 1. The molecule has 0 unspecified atom stereocenters. The minimum Gasteiger partial charge on any atom is -0.496 e. The van der Waals surface area contributed by atoms with Crippen molar-refractivity contribution in [3.05, 3.63) is 100 Å². The molecule has 0 fully saturated rings. The number of amides is 2. The van der Waals surface area contributed by atoms with Gasteiger partial charge in [-0.25, -0.2) is 4.39 Å². The number of thiophene rings is 1. The van der Waals surface area contributed by atoms with Crippen LogP contribution in [0.15, 0.2) is 72.1 Å². The fourth-order valence-electron chi connectivity index (χ4n) is 4.38. The largest absolute Gasteiger partial charge is 0.496 e. The van der Waals surface area contributed by atoms with Crippen molar-refractivity contribution in [1.82, 2.24) is 0 Å². The van der Waals surface area contributed by atoms with E-state index in [0.29, 0.717) is 23.5 Å². The second kappa shape index (κ2) is 9.35. The zero-order valence-electron chi connectivity index (χ0n) is 19.3. The minimum absolute atomic E-state index is 0.177. The van der Waals surface area contributed by atoms with Crippen LogP contribution in [0.5, 0.6) is 5.75 Å². The normalized spacial score (nSPS) is 12.4. The molecule has 4 aromatic rings. The lowest BCUT2D eigenvalue weighted by Crippen LogP contribution is -2.32. The summed E-state index contributed by atoms with van der Waals surface area (Å²) in [5.74, 6) is -0.706. The number of para-hydroxylation sites is 1. The predicted octanol–water partition coefficient (Wildman–Crippen LogP) is 6.33. The molecule has 0 bridgehead atoms. The number of fused-ring (bicyclic) bond motifs is 3. The molecular weight excluding hydrogens is 463 g/mol. The van der Waals surface area contributed by atoms with Gasteiger partial charge in [0.1, 0.15) is 11.6 Å². The molecule has 3 aromatic carbocycles. The van der Waals surface area contributed by atoms with E-state index in [1.165, 1.54) is 29.7 Å². The molecule has 5 rings (SSSR count). The summed E-state index contributed by atoms with van der Waals surface area (Å²) in [4.78, 5) is 29.4. The van der Waals surface area contributed by atoms with E-state index in [-0.39, 0.29) is 17.0 Å². The third-order valence-electron chi connectivity index (χ3n) is 6.24. The number of carbonyl (C=O) groups excluding carboxylic acids is 2. The van der Waals surface area contributed by atoms with Gasteiger partial charge in [0.25, 0.3) is 11.8 Å². The second-order valence-electron chi connectivity index (χ2n) is 8.28. The SMILES string of the molecule is COc1cc(NC(=O)c2cccc(F)c2C)ccc1C(=O)N1CCc2ccsc2-c2ccccc21. The smallest absolute Gasteiger partial charge is 0.262 e. The number of nitrogens with zero attached hydrogens (tertiary/aromatic N) is 1. The van der Waals surface area contributed by atoms with Crippen molar-refractivity contribution >= 4 is 34.5 Å². The van der Waals surface area contributed by atoms with Gasteiger partial charge in [-0.1, -0.05) is 24.3 Å². The van der Waals surface area contributed by atoms with Gasteiger partial charge in [-0.05, 0) is 66.2 Å². The molecule has 2 amide bonds. The van der Waals surface area contributed by atoms with Crippen LogP contribution >= 0.6 is 11.3 Å². The molecule has 5 nitrogen and oxygen atoms in total. The standard InChI is InChI=1S/C28H23FN2O3S/c1-17-20(7-5-8-23(17)29)27(32)30-19-10-11-22(25(16-19)34-2)28(33)31-14-12-18-13-15-35-26(18)21-6-3-4-9-24(21)31/h3-11,13,15-16H,12,14H2,1-2H3,(H,30,32). The summed E-state index contributed by atoms with van der Waals surface area (Å²) in [5.41, 5.74) is 4.50. The highest BCUT2D eigenvalue weighted by atomic mass is 32.1. The van der Waals surface area contributed by atoms with E-state index in [1.54, 1.807) is 47.4 Å². The van der Waals surface area contributed by atoms with E-state index >= 15 is 0 Å². The summed E-state index contributed by atoms with van der Waals surface area (Å²) in [5, 5.41) is 4.86. The van der Waals surface area contributed by atoms with E-state index in [2.05, 4.69) is 16.8 Å². The van der Waals surface area contributed by atoms with Gasteiger partial charge in [-0.2, -0.15) is 0 Å². The Hall–Kier alpha value is -3.97. The molecule has 35 heavy (non-hydrogen) atoms. The molecule has 0 saturated carbocycles. The number of benzene rings is 3. The average Bonchev–Trinajstić information content (AvgIpc) is 3.28. The zero-order chi connectivity index (χ0) is 24.5. The first-order valence-electron chi connectivity index (χ1n) is 11.2. The molecule has 1 N–H and O–H groups in total. The molecule has 2 heterocycles. The maximum atomic E-state index is 13.9. The van der Waals surface area contributed by atoms with Gasteiger partial charge >= 0.3 is 0 Å². The number of methoxy groups -OCH3 is 1.